The lowest BCUT2D eigenvalue weighted by Gasteiger charge is -2.00. The van der Waals surface area contributed by atoms with E-state index in [0.717, 1.165) is 17.1 Å². The third-order valence-corrected chi connectivity index (χ3v) is 2.82. The molecule has 0 saturated carbocycles. The molecule has 0 aliphatic carbocycles. The first kappa shape index (κ1) is 13.6. The number of carbonyl (C=O) groups is 1. The summed E-state index contributed by atoms with van der Waals surface area (Å²) >= 11 is 5.92. The zero-order valence-corrected chi connectivity index (χ0v) is 11.0. The second-order valence-electron chi connectivity index (χ2n) is 4.10. The Kier molecular flexibility index (Phi) is 4.60. The predicted octanol–water partition coefficient (Wildman–Crippen LogP) is 3.16. The first-order chi connectivity index (χ1) is 9.15. The third-order valence-electron chi connectivity index (χ3n) is 2.59. The molecule has 0 amide bonds. The van der Waals surface area contributed by atoms with E-state index in [0.29, 0.717) is 18.1 Å². The molecule has 0 bridgehead atoms. The van der Waals surface area contributed by atoms with Gasteiger partial charge in [0, 0.05) is 17.1 Å². The summed E-state index contributed by atoms with van der Waals surface area (Å²) in [5.74, 6) is 0.699. The monoisotopic (exact) mass is 279 g/mol. The number of rotatable bonds is 6. The number of hydrogen-bond acceptors (Lipinski definition) is 3. The molecular formula is C14H14ClNO3. The average molecular weight is 280 g/mol. The van der Waals surface area contributed by atoms with E-state index in [1.54, 1.807) is 0 Å². The lowest BCUT2D eigenvalue weighted by Crippen LogP contribution is -2.17. The minimum absolute atomic E-state index is 0.0991. The number of carboxylic acid groups (broad SMARTS) is 1. The van der Waals surface area contributed by atoms with E-state index in [4.69, 9.17) is 21.1 Å². The summed E-state index contributed by atoms with van der Waals surface area (Å²) in [6.45, 7) is 0.927. The van der Waals surface area contributed by atoms with Crippen LogP contribution in [-0.2, 0) is 11.3 Å². The summed E-state index contributed by atoms with van der Waals surface area (Å²) in [7, 11) is 0. The summed E-state index contributed by atoms with van der Waals surface area (Å²) < 4.78 is 5.66. The van der Waals surface area contributed by atoms with Gasteiger partial charge in [0.1, 0.15) is 11.5 Å². The van der Waals surface area contributed by atoms with Crippen LogP contribution in [0.15, 0.2) is 40.8 Å². The lowest BCUT2D eigenvalue weighted by atomic mass is 10.2. The maximum absolute atomic E-state index is 10.4. The number of furan rings is 1. The molecule has 1 aromatic heterocycles. The third kappa shape index (κ3) is 4.12. The smallest absolute Gasteiger partial charge is 0.304 e. The van der Waals surface area contributed by atoms with Crippen molar-refractivity contribution in [3.63, 3.8) is 0 Å². The van der Waals surface area contributed by atoms with Crippen molar-refractivity contribution in [1.29, 1.82) is 0 Å². The zero-order chi connectivity index (χ0) is 13.7. The number of benzene rings is 1. The zero-order valence-electron chi connectivity index (χ0n) is 10.2. The van der Waals surface area contributed by atoms with Crippen molar-refractivity contribution in [1.82, 2.24) is 5.32 Å². The van der Waals surface area contributed by atoms with Gasteiger partial charge in [-0.05, 0) is 24.3 Å². The van der Waals surface area contributed by atoms with Gasteiger partial charge in [-0.25, -0.2) is 0 Å². The molecule has 0 saturated heterocycles. The van der Waals surface area contributed by atoms with Gasteiger partial charge in [0.25, 0.3) is 0 Å². The Hall–Kier alpha value is -1.78. The van der Waals surface area contributed by atoms with Crippen molar-refractivity contribution in [3.8, 4) is 11.3 Å². The van der Waals surface area contributed by atoms with Gasteiger partial charge in [-0.15, -0.1) is 0 Å². The largest absolute Gasteiger partial charge is 0.481 e. The van der Waals surface area contributed by atoms with Crippen LogP contribution in [0.4, 0.5) is 0 Å². The summed E-state index contributed by atoms with van der Waals surface area (Å²) in [6.07, 6.45) is 0.0991. The van der Waals surface area contributed by atoms with Gasteiger partial charge in [-0.1, -0.05) is 23.7 Å². The second-order valence-corrected chi connectivity index (χ2v) is 4.53. The van der Waals surface area contributed by atoms with Gasteiger partial charge in [0.2, 0.25) is 0 Å². The van der Waals surface area contributed by atoms with Gasteiger partial charge in [0.15, 0.2) is 0 Å². The topological polar surface area (TPSA) is 62.5 Å². The Morgan fingerprint density at radius 1 is 1.32 bits per heavy atom. The number of aliphatic carboxylic acids is 1. The molecule has 0 aliphatic rings. The number of halogens is 1. The fourth-order valence-electron chi connectivity index (χ4n) is 1.68. The number of hydrogen-bond donors (Lipinski definition) is 2. The maximum Gasteiger partial charge on any atom is 0.304 e. The molecule has 2 aromatic rings. The van der Waals surface area contributed by atoms with E-state index in [-0.39, 0.29) is 6.42 Å². The molecule has 4 nitrogen and oxygen atoms in total. The Morgan fingerprint density at radius 3 is 2.89 bits per heavy atom. The van der Waals surface area contributed by atoms with E-state index in [1.165, 1.54) is 0 Å². The highest BCUT2D eigenvalue weighted by Gasteiger charge is 2.05. The highest BCUT2D eigenvalue weighted by atomic mass is 35.5. The van der Waals surface area contributed by atoms with Crippen LogP contribution >= 0.6 is 11.6 Å². The molecule has 100 valence electrons. The normalized spacial score (nSPS) is 10.6. The maximum atomic E-state index is 10.4. The van der Waals surface area contributed by atoms with Crippen LogP contribution in [0, 0.1) is 0 Å². The molecule has 0 spiro atoms. The summed E-state index contributed by atoms with van der Waals surface area (Å²) in [4.78, 5) is 10.4. The van der Waals surface area contributed by atoms with Gasteiger partial charge in [-0.2, -0.15) is 0 Å². The van der Waals surface area contributed by atoms with Gasteiger partial charge >= 0.3 is 5.97 Å². The van der Waals surface area contributed by atoms with Crippen molar-refractivity contribution in [2.75, 3.05) is 6.54 Å². The van der Waals surface area contributed by atoms with Crippen LogP contribution in [0.3, 0.4) is 0 Å². The summed E-state index contributed by atoms with van der Waals surface area (Å²) in [5.41, 5.74) is 0.921. The SMILES string of the molecule is O=C(O)CCNCc1ccc(-c2cccc(Cl)c2)o1. The Bertz CT molecular complexity index is 565. The molecule has 5 heteroatoms. The molecular weight excluding hydrogens is 266 g/mol. The molecule has 0 aliphatic heterocycles. The number of nitrogens with one attached hydrogen (secondary N) is 1. The highest BCUT2D eigenvalue weighted by Crippen LogP contribution is 2.24. The molecule has 1 heterocycles. The Balaban J connectivity index is 1.94. The fraction of sp³-hybridized carbons (Fsp3) is 0.214. The molecule has 2 rings (SSSR count). The lowest BCUT2D eigenvalue weighted by molar-refractivity contribution is -0.136. The van der Waals surface area contributed by atoms with Crippen LogP contribution in [-0.4, -0.2) is 17.6 Å². The first-order valence-electron chi connectivity index (χ1n) is 5.92. The second kappa shape index (κ2) is 6.41. The Morgan fingerprint density at radius 2 is 2.16 bits per heavy atom. The molecule has 1 aromatic carbocycles. The van der Waals surface area contributed by atoms with Crippen LogP contribution in [0.1, 0.15) is 12.2 Å². The molecule has 2 N–H and O–H groups in total. The van der Waals surface area contributed by atoms with Gasteiger partial charge in [0.05, 0.1) is 13.0 Å². The minimum atomic E-state index is -0.813. The number of carboxylic acids is 1. The predicted molar refractivity (Wildman–Crippen MR) is 73.1 cm³/mol. The average Bonchev–Trinajstić information content (AvgIpc) is 2.83. The van der Waals surface area contributed by atoms with Crippen LogP contribution in [0.25, 0.3) is 11.3 Å². The highest BCUT2D eigenvalue weighted by molar-refractivity contribution is 6.30. The molecule has 0 atom stereocenters. The van der Waals surface area contributed by atoms with Crippen LogP contribution < -0.4 is 5.32 Å². The van der Waals surface area contributed by atoms with Crippen LogP contribution in [0.5, 0.6) is 0 Å². The van der Waals surface area contributed by atoms with Gasteiger partial charge in [-0.3, -0.25) is 4.79 Å². The molecule has 0 radical (unpaired) electrons. The van der Waals surface area contributed by atoms with Crippen LogP contribution in [0.2, 0.25) is 5.02 Å². The van der Waals surface area contributed by atoms with E-state index in [2.05, 4.69) is 5.32 Å². The van der Waals surface area contributed by atoms with Crippen molar-refractivity contribution in [3.05, 3.63) is 47.2 Å². The summed E-state index contributed by atoms with van der Waals surface area (Å²) in [6, 6.07) is 11.2. The first-order valence-corrected chi connectivity index (χ1v) is 6.30. The minimum Gasteiger partial charge on any atom is -0.481 e. The molecule has 0 unspecified atom stereocenters. The van der Waals surface area contributed by atoms with E-state index in [9.17, 15) is 4.79 Å². The standard InChI is InChI=1S/C14H14ClNO3/c15-11-3-1-2-10(8-11)13-5-4-12(19-13)9-16-7-6-14(17)18/h1-5,8,16H,6-7,9H2,(H,17,18). The van der Waals surface area contributed by atoms with E-state index in [1.807, 2.05) is 36.4 Å². The quantitative estimate of drug-likeness (QED) is 0.797. The van der Waals surface area contributed by atoms with E-state index < -0.39 is 5.97 Å². The summed E-state index contributed by atoms with van der Waals surface area (Å²) in [5, 5.41) is 12.2. The Labute approximate surface area is 116 Å². The van der Waals surface area contributed by atoms with Crippen molar-refractivity contribution in [2.24, 2.45) is 0 Å². The van der Waals surface area contributed by atoms with Crippen molar-refractivity contribution < 1.29 is 14.3 Å². The van der Waals surface area contributed by atoms with E-state index >= 15 is 0 Å². The van der Waals surface area contributed by atoms with Crippen molar-refractivity contribution in [2.45, 2.75) is 13.0 Å². The molecule has 0 fully saturated rings. The fourth-order valence-corrected chi connectivity index (χ4v) is 1.87. The van der Waals surface area contributed by atoms with Gasteiger partial charge < -0.3 is 14.8 Å². The van der Waals surface area contributed by atoms with Crippen molar-refractivity contribution >= 4 is 17.6 Å². The molecule has 19 heavy (non-hydrogen) atoms.